The average molecular weight is 261 g/mol. The van der Waals surface area contributed by atoms with E-state index in [0.717, 1.165) is 5.82 Å². The molecule has 2 N–H and O–H groups in total. The van der Waals surface area contributed by atoms with Crippen LogP contribution in [0.1, 0.15) is 31.5 Å². The molecule has 18 heavy (non-hydrogen) atoms. The summed E-state index contributed by atoms with van der Waals surface area (Å²) in [5, 5.41) is 0. The van der Waals surface area contributed by atoms with Gasteiger partial charge in [0.15, 0.2) is 0 Å². The summed E-state index contributed by atoms with van der Waals surface area (Å²) >= 11 is 0. The van der Waals surface area contributed by atoms with Crippen LogP contribution < -0.4 is 5.73 Å². The Bertz CT molecular complexity index is 413. The van der Waals surface area contributed by atoms with Crippen molar-refractivity contribution in [2.24, 2.45) is 18.7 Å². The maximum Gasteiger partial charge on any atom is 0.391 e. The lowest BCUT2D eigenvalue weighted by Gasteiger charge is -2.38. The minimum atomic E-state index is -4.13. The second kappa shape index (κ2) is 4.57. The molecule has 0 amide bonds. The molecule has 1 aliphatic rings. The van der Waals surface area contributed by atoms with Crippen molar-refractivity contribution in [3.8, 4) is 0 Å². The number of aromatic nitrogens is 2. The van der Waals surface area contributed by atoms with Gasteiger partial charge in [-0.1, -0.05) is 6.42 Å². The van der Waals surface area contributed by atoms with Crippen molar-refractivity contribution >= 4 is 0 Å². The Morgan fingerprint density at radius 1 is 1.56 bits per heavy atom. The SMILES string of the molecule is Cn1ccnc1CC1(N)CCCC(C(F)(F)F)C1. The van der Waals surface area contributed by atoms with Crippen molar-refractivity contribution in [2.45, 2.75) is 43.8 Å². The van der Waals surface area contributed by atoms with E-state index in [1.54, 1.807) is 12.4 Å². The molecular formula is C12H18F3N3. The lowest BCUT2D eigenvalue weighted by Crippen LogP contribution is -2.49. The highest BCUT2D eigenvalue weighted by Crippen LogP contribution is 2.41. The smallest absolute Gasteiger partial charge is 0.338 e. The maximum atomic E-state index is 12.8. The monoisotopic (exact) mass is 261 g/mol. The average Bonchev–Trinajstić information content (AvgIpc) is 2.62. The van der Waals surface area contributed by atoms with Crippen LogP contribution in [-0.4, -0.2) is 21.3 Å². The number of rotatable bonds is 2. The molecule has 6 heteroatoms. The van der Waals surface area contributed by atoms with Crippen molar-refractivity contribution in [3.63, 3.8) is 0 Å². The number of nitrogens with zero attached hydrogens (tertiary/aromatic N) is 2. The highest BCUT2D eigenvalue weighted by molar-refractivity contribution is 5.03. The predicted molar refractivity (Wildman–Crippen MR) is 61.8 cm³/mol. The number of hydrogen-bond donors (Lipinski definition) is 1. The molecule has 1 saturated carbocycles. The molecule has 0 aliphatic heterocycles. The first-order chi connectivity index (χ1) is 8.30. The number of aryl methyl sites for hydroxylation is 1. The van der Waals surface area contributed by atoms with Crippen LogP contribution >= 0.6 is 0 Å². The van der Waals surface area contributed by atoms with E-state index in [1.165, 1.54) is 0 Å². The van der Waals surface area contributed by atoms with Gasteiger partial charge in [-0.3, -0.25) is 0 Å². The van der Waals surface area contributed by atoms with Gasteiger partial charge < -0.3 is 10.3 Å². The van der Waals surface area contributed by atoms with E-state index in [2.05, 4.69) is 4.98 Å². The summed E-state index contributed by atoms with van der Waals surface area (Å²) < 4.78 is 40.1. The van der Waals surface area contributed by atoms with E-state index in [1.807, 2.05) is 11.6 Å². The number of alkyl halides is 3. The van der Waals surface area contributed by atoms with Gasteiger partial charge in [-0.25, -0.2) is 4.98 Å². The summed E-state index contributed by atoms with van der Waals surface area (Å²) in [7, 11) is 1.83. The summed E-state index contributed by atoms with van der Waals surface area (Å²) in [4.78, 5) is 4.14. The first-order valence-electron chi connectivity index (χ1n) is 6.12. The Balaban J connectivity index is 2.09. The lowest BCUT2D eigenvalue weighted by atomic mass is 9.74. The van der Waals surface area contributed by atoms with Gasteiger partial charge in [0.05, 0.1) is 5.92 Å². The van der Waals surface area contributed by atoms with Gasteiger partial charge in [0, 0.05) is 31.4 Å². The molecule has 1 aliphatic carbocycles. The molecule has 0 spiro atoms. The van der Waals surface area contributed by atoms with E-state index in [-0.39, 0.29) is 12.8 Å². The molecular weight excluding hydrogens is 243 g/mol. The van der Waals surface area contributed by atoms with Crippen LogP contribution in [0.4, 0.5) is 13.2 Å². The highest BCUT2D eigenvalue weighted by atomic mass is 19.4. The second-order valence-electron chi connectivity index (χ2n) is 5.33. The largest absolute Gasteiger partial charge is 0.391 e. The Kier molecular flexibility index (Phi) is 3.40. The fraction of sp³-hybridized carbons (Fsp3) is 0.750. The molecule has 1 fully saturated rings. The standard InChI is InChI=1S/C12H18F3N3/c1-18-6-5-17-10(18)8-11(16)4-2-3-9(7-11)12(13,14)15/h5-6,9H,2-4,7-8,16H2,1H3. The minimum Gasteiger partial charge on any atom is -0.338 e. The normalized spacial score (nSPS) is 29.5. The van der Waals surface area contributed by atoms with Crippen molar-refractivity contribution in [3.05, 3.63) is 18.2 Å². The summed E-state index contributed by atoms with van der Waals surface area (Å²) in [5.74, 6) is -0.517. The summed E-state index contributed by atoms with van der Waals surface area (Å²) in [6.07, 6.45) is 1.06. The summed E-state index contributed by atoms with van der Waals surface area (Å²) in [5.41, 5.74) is 5.37. The van der Waals surface area contributed by atoms with Crippen molar-refractivity contribution in [1.29, 1.82) is 0 Å². The van der Waals surface area contributed by atoms with Crippen LogP contribution in [0.2, 0.25) is 0 Å². The maximum absolute atomic E-state index is 12.8. The van der Waals surface area contributed by atoms with Gasteiger partial charge in [-0.05, 0) is 19.3 Å². The fourth-order valence-electron chi connectivity index (χ4n) is 2.72. The topological polar surface area (TPSA) is 43.8 Å². The van der Waals surface area contributed by atoms with Crippen LogP contribution in [0.25, 0.3) is 0 Å². The van der Waals surface area contributed by atoms with E-state index in [4.69, 9.17) is 5.73 Å². The van der Waals surface area contributed by atoms with E-state index >= 15 is 0 Å². The number of nitrogens with two attached hydrogens (primary N) is 1. The molecule has 1 heterocycles. The van der Waals surface area contributed by atoms with Gasteiger partial charge in [0.1, 0.15) is 5.82 Å². The number of halogens is 3. The van der Waals surface area contributed by atoms with Crippen molar-refractivity contribution < 1.29 is 13.2 Å². The molecule has 1 aromatic rings. The van der Waals surface area contributed by atoms with Gasteiger partial charge in [-0.15, -0.1) is 0 Å². The van der Waals surface area contributed by atoms with Crippen molar-refractivity contribution in [2.75, 3.05) is 0 Å². The molecule has 0 bridgehead atoms. The van der Waals surface area contributed by atoms with Gasteiger partial charge in [0.2, 0.25) is 0 Å². The third kappa shape index (κ3) is 2.85. The van der Waals surface area contributed by atoms with Gasteiger partial charge in [0.25, 0.3) is 0 Å². The molecule has 2 unspecified atom stereocenters. The zero-order valence-electron chi connectivity index (χ0n) is 10.4. The molecule has 0 saturated heterocycles. The summed E-state index contributed by atoms with van der Waals surface area (Å²) in [6.45, 7) is 0. The van der Waals surface area contributed by atoms with Crippen LogP contribution in [0, 0.1) is 5.92 Å². The molecule has 0 radical (unpaired) electrons. The third-order valence-corrected chi connectivity index (χ3v) is 3.77. The van der Waals surface area contributed by atoms with Crippen LogP contribution in [0.5, 0.6) is 0 Å². The third-order valence-electron chi connectivity index (χ3n) is 3.77. The Hall–Kier alpha value is -1.04. The fourth-order valence-corrected chi connectivity index (χ4v) is 2.72. The Labute approximate surface area is 104 Å². The molecule has 0 aromatic carbocycles. The predicted octanol–water partition coefficient (Wildman–Crippen LogP) is 2.41. The zero-order valence-corrected chi connectivity index (χ0v) is 10.4. The van der Waals surface area contributed by atoms with E-state index < -0.39 is 17.6 Å². The molecule has 2 rings (SSSR count). The molecule has 102 valence electrons. The van der Waals surface area contributed by atoms with Gasteiger partial charge >= 0.3 is 6.18 Å². The number of hydrogen-bond acceptors (Lipinski definition) is 2. The zero-order chi connectivity index (χ0) is 13.4. The first kappa shape index (κ1) is 13.4. The second-order valence-corrected chi connectivity index (χ2v) is 5.33. The van der Waals surface area contributed by atoms with Crippen molar-refractivity contribution in [1.82, 2.24) is 9.55 Å². The Morgan fingerprint density at radius 2 is 2.28 bits per heavy atom. The van der Waals surface area contributed by atoms with E-state index in [9.17, 15) is 13.2 Å². The van der Waals surface area contributed by atoms with Crippen LogP contribution in [-0.2, 0) is 13.5 Å². The van der Waals surface area contributed by atoms with Crippen LogP contribution in [0.3, 0.4) is 0 Å². The summed E-state index contributed by atoms with van der Waals surface area (Å²) in [6, 6.07) is 0. The number of imidazole rings is 1. The quantitative estimate of drug-likeness (QED) is 0.888. The lowest BCUT2D eigenvalue weighted by molar-refractivity contribution is -0.187. The van der Waals surface area contributed by atoms with E-state index in [0.29, 0.717) is 19.3 Å². The first-order valence-corrected chi connectivity index (χ1v) is 6.12. The highest BCUT2D eigenvalue weighted by Gasteiger charge is 2.46. The molecule has 2 atom stereocenters. The Morgan fingerprint density at radius 3 is 2.83 bits per heavy atom. The minimum absolute atomic E-state index is 0.00333. The molecule has 3 nitrogen and oxygen atoms in total. The molecule has 1 aromatic heterocycles. The van der Waals surface area contributed by atoms with Crippen LogP contribution in [0.15, 0.2) is 12.4 Å². The van der Waals surface area contributed by atoms with Gasteiger partial charge in [-0.2, -0.15) is 13.2 Å².